The molecule has 2 heterocycles. The Hall–Kier alpha value is -4.45. The fourth-order valence-electron chi connectivity index (χ4n) is 3.51. The second-order valence-electron chi connectivity index (χ2n) is 8.06. The molecule has 4 aromatic rings. The Morgan fingerprint density at radius 3 is 2.55 bits per heavy atom. The van der Waals surface area contributed by atoms with E-state index in [0.29, 0.717) is 36.2 Å². The molecule has 0 aliphatic rings. The predicted octanol–water partition coefficient (Wildman–Crippen LogP) is 6.12. The van der Waals surface area contributed by atoms with Crippen molar-refractivity contribution in [2.45, 2.75) is 20.0 Å². The number of oxazole rings is 1. The van der Waals surface area contributed by atoms with Crippen molar-refractivity contribution in [3.8, 4) is 11.3 Å². The highest BCUT2D eigenvalue weighted by Gasteiger charge is 2.17. The Bertz CT molecular complexity index is 1350. The lowest BCUT2D eigenvalue weighted by molar-refractivity contribution is -0.110. The molecule has 0 aliphatic heterocycles. The summed E-state index contributed by atoms with van der Waals surface area (Å²) in [5.74, 6) is 1.81. The van der Waals surface area contributed by atoms with Gasteiger partial charge in [-0.1, -0.05) is 18.2 Å². The third-order valence-corrected chi connectivity index (χ3v) is 5.11. The fraction of sp³-hybridized carbons (Fsp3) is 0.231. The molecule has 2 aromatic carbocycles. The summed E-state index contributed by atoms with van der Waals surface area (Å²) in [6.45, 7) is 3.08. The van der Waals surface area contributed by atoms with Gasteiger partial charge < -0.3 is 30.5 Å². The van der Waals surface area contributed by atoms with Crippen molar-refractivity contribution in [1.29, 1.82) is 5.41 Å². The summed E-state index contributed by atoms with van der Waals surface area (Å²) in [5, 5.41) is 11.1. The van der Waals surface area contributed by atoms with Gasteiger partial charge in [0, 0.05) is 55.5 Å². The van der Waals surface area contributed by atoms with Gasteiger partial charge in [-0.3, -0.25) is 0 Å². The number of hydrogen-bond acceptors (Lipinski definition) is 9. The minimum absolute atomic E-state index is 0.188. The van der Waals surface area contributed by atoms with E-state index < -0.39 is 6.18 Å². The molecule has 4 rings (SSSR count). The summed E-state index contributed by atoms with van der Waals surface area (Å²) < 4.78 is 41.9. The van der Waals surface area contributed by atoms with Crippen LogP contribution in [0.3, 0.4) is 0 Å². The van der Waals surface area contributed by atoms with Gasteiger partial charge >= 0.3 is 6.18 Å². The lowest BCUT2D eigenvalue weighted by Crippen LogP contribution is -2.24. The molecule has 0 aliphatic carbocycles. The molecule has 0 spiro atoms. The number of methoxy groups -OCH3 is 1. The van der Waals surface area contributed by atoms with Crippen molar-refractivity contribution in [1.82, 2.24) is 15.0 Å². The molecule has 12 heteroatoms. The third-order valence-electron chi connectivity index (χ3n) is 5.11. The van der Waals surface area contributed by atoms with Gasteiger partial charge in [-0.15, -0.1) is 0 Å². The second kappa shape index (κ2) is 12.7. The molecule has 0 radical (unpaired) electrons. The van der Waals surface area contributed by atoms with Gasteiger partial charge in [-0.05, 0) is 37.3 Å². The van der Waals surface area contributed by atoms with Gasteiger partial charge in [-0.25, -0.2) is 9.97 Å². The molecular formula is C26H28F3N7O2. The average Bonchev–Trinajstić information content (AvgIpc) is 3.30. The van der Waals surface area contributed by atoms with Crippen molar-refractivity contribution in [2.24, 2.45) is 0 Å². The number of ether oxygens (including phenoxy) is 1. The van der Waals surface area contributed by atoms with E-state index >= 15 is 0 Å². The van der Waals surface area contributed by atoms with Gasteiger partial charge in [0.25, 0.3) is 0 Å². The van der Waals surface area contributed by atoms with Crippen molar-refractivity contribution >= 4 is 35.0 Å². The van der Waals surface area contributed by atoms with Gasteiger partial charge in [-0.2, -0.15) is 18.2 Å². The first kappa shape index (κ1) is 28.1. The van der Waals surface area contributed by atoms with Gasteiger partial charge in [0.2, 0.25) is 5.95 Å². The lowest BCUT2D eigenvalue weighted by Gasteiger charge is -2.26. The number of halogens is 3. The minimum atomic E-state index is -4.00. The number of nitrogens with two attached hydrogens (primary N) is 1. The van der Waals surface area contributed by atoms with E-state index in [1.54, 1.807) is 19.4 Å². The first-order valence-corrected chi connectivity index (χ1v) is 11.4. The molecule has 0 bridgehead atoms. The Morgan fingerprint density at radius 1 is 1.16 bits per heavy atom. The zero-order valence-corrected chi connectivity index (χ0v) is 21.1. The van der Waals surface area contributed by atoms with Crippen LogP contribution in [0.15, 0.2) is 65.5 Å². The highest BCUT2D eigenvalue weighted by Crippen LogP contribution is 2.31. The van der Waals surface area contributed by atoms with E-state index in [2.05, 4.69) is 15.3 Å². The van der Waals surface area contributed by atoms with E-state index in [1.807, 2.05) is 54.3 Å². The quantitative estimate of drug-likeness (QED) is 0.176. The highest BCUT2D eigenvalue weighted by atomic mass is 19.4. The summed E-state index contributed by atoms with van der Waals surface area (Å²) in [7, 11) is 1.64. The van der Waals surface area contributed by atoms with Crippen LogP contribution in [0.2, 0.25) is 0 Å². The van der Waals surface area contributed by atoms with Crippen molar-refractivity contribution < 1.29 is 22.3 Å². The number of hydrogen-bond donors (Lipinski definition) is 3. The lowest BCUT2D eigenvalue weighted by atomic mass is 10.1. The van der Waals surface area contributed by atoms with Crippen LogP contribution in [-0.2, 0) is 4.74 Å². The normalized spacial score (nSPS) is 10.9. The first-order valence-electron chi connectivity index (χ1n) is 11.4. The monoisotopic (exact) mass is 527 g/mol. The summed E-state index contributed by atoms with van der Waals surface area (Å²) in [4.78, 5) is 15.2. The number of aromatic nitrogens is 3. The van der Waals surface area contributed by atoms with Crippen LogP contribution in [0.1, 0.15) is 18.2 Å². The molecule has 200 valence electrons. The molecule has 38 heavy (non-hydrogen) atoms. The highest BCUT2D eigenvalue weighted by molar-refractivity contribution is 5.94. The number of nitrogen functional groups attached to an aromatic ring is 1. The SMILES string of the molecule is CC(F)(F)F.COCCN(c1ccnc(Nc2cccc(-c3ocnc3C)c2)n1)c1cccc(N)c1C=N. The van der Waals surface area contributed by atoms with E-state index in [9.17, 15) is 13.2 Å². The maximum absolute atomic E-state index is 10.4. The van der Waals surface area contributed by atoms with Gasteiger partial charge in [0.15, 0.2) is 12.2 Å². The van der Waals surface area contributed by atoms with Crippen LogP contribution in [0.4, 0.5) is 42.0 Å². The molecule has 9 nitrogen and oxygen atoms in total. The second-order valence-corrected chi connectivity index (χ2v) is 8.06. The number of rotatable bonds is 9. The number of nitrogens with one attached hydrogen (secondary N) is 2. The number of benzene rings is 2. The Morgan fingerprint density at radius 2 is 1.89 bits per heavy atom. The summed E-state index contributed by atoms with van der Waals surface area (Å²) >= 11 is 0. The van der Waals surface area contributed by atoms with E-state index in [0.717, 1.165) is 28.4 Å². The maximum Gasteiger partial charge on any atom is 0.386 e. The Kier molecular flexibility index (Phi) is 9.39. The minimum Gasteiger partial charge on any atom is -0.443 e. The van der Waals surface area contributed by atoms with Crippen molar-refractivity contribution in [2.75, 3.05) is 36.2 Å². The Balaban J connectivity index is 0.000000732. The molecule has 0 fully saturated rings. The molecule has 2 aromatic heterocycles. The summed E-state index contributed by atoms with van der Waals surface area (Å²) in [5.41, 5.74) is 10.6. The van der Waals surface area contributed by atoms with Crippen molar-refractivity contribution in [3.63, 3.8) is 0 Å². The third kappa shape index (κ3) is 7.77. The van der Waals surface area contributed by atoms with Crippen molar-refractivity contribution in [3.05, 3.63) is 72.4 Å². The smallest absolute Gasteiger partial charge is 0.386 e. The van der Waals surface area contributed by atoms with Gasteiger partial charge in [0.1, 0.15) is 5.82 Å². The van der Waals surface area contributed by atoms with Crippen LogP contribution in [-0.4, -0.2) is 47.6 Å². The summed E-state index contributed by atoms with van der Waals surface area (Å²) in [6, 6.07) is 15.1. The van der Waals surface area contributed by atoms with Crippen LogP contribution in [0, 0.1) is 12.3 Å². The average molecular weight is 528 g/mol. The number of aryl methyl sites for hydroxylation is 1. The fourth-order valence-corrected chi connectivity index (χ4v) is 3.51. The predicted molar refractivity (Wildman–Crippen MR) is 141 cm³/mol. The number of nitrogens with zero attached hydrogens (tertiary/aromatic N) is 4. The molecular weight excluding hydrogens is 499 g/mol. The zero-order chi connectivity index (χ0) is 27.7. The summed E-state index contributed by atoms with van der Waals surface area (Å²) in [6.07, 6.45) is 0.373. The van der Waals surface area contributed by atoms with Gasteiger partial charge in [0.05, 0.1) is 18.0 Å². The van der Waals surface area contributed by atoms with E-state index in [4.69, 9.17) is 25.3 Å². The van der Waals surface area contributed by atoms with Crippen LogP contribution in [0.5, 0.6) is 0 Å². The van der Waals surface area contributed by atoms with Crippen LogP contribution >= 0.6 is 0 Å². The van der Waals surface area contributed by atoms with E-state index in [1.165, 1.54) is 12.6 Å². The molecule has 0 saturated carbocycles. The largest absolute Gasteiger partial charge is 0.443 e. The maximum atomic E-state index is 10.4. The van der Waals surface area contributed by atoms with Crippen LogP contribution in [0.25, 0.3) is 11.3 Å². The molecule has 0 amide bonds. The molecule has 0 saturated heterocycles. The molecule has 0 unspecified atom stereocenters. The molecule has 4 N–H and O–H groups in total. The standard InChI is InChI=1S/C24H25N7O2.C2H3F3/c1-16-23(33-15-28-16)17-5-3-6-18(13-17)29-24-27-10-9-22(30-24)31(11-12-32-2)21-8-4-7-20(26)19(21)14-25;1-2(3,4)5/h3-10,13-15,25H,11-12,26H2,1-2H3,(H,27,29,30);1H3. The topological polar surface area (TPSA) is 126 Å². The number of anilines is 5. The van der Waals surface area contributed by atoms with E-state index in [-0.39, 0.29) is 6.92 Å². The first-order chi connectivity index (χ1) is 18.1. The Labute approximate surface area is 218 Å². The number of alkyl halides is 3. The molecule has 0 atom stereocenters. The zero-order valence-electron chi connectivity index (χ0n) is 21.1. The van der Waals surface area contributed by atoms with Crippen LogP contribution < -0.4 is 16.0 Å².